The van der Waals surface area contributed by atoms with Gasteiger partial charge < -0.3 is 5.32 Å². The second kappa shape index (κ2) is 5.51. The van der Waals surface area contributed by atoms with Gasteiger partial charge in [-0.2, -0.15) is 5.10 Å². The molecule has 3 rings (SSSR count). The summed E-state index contributed by atoms with van der Waals surface area (Å²) in [6, 6.07) is 5.74. The average molecular weight is 333 g/mol. The molecule has 1 aliphatic heterocycles. The van der Waals surface area contributed by atoms with E-state index in [-0.39, 0.29) is 16.6 Å². The van der Waals surface area contributed by atoms with Gasteiger partial charge in [0.1, 0.15) is 11.9 Å². The summed E-state index contributed by atoms with van der Waals surface area (Å²) in [6.07, 6.45) is 3.18. The zero-order valence-corrected chi connectivity index (χ0v) is 13.3. The Morgan fingerprint density at radius 3 is 2.83 bits per heavy atom. The number of amidine groups is 1. The van der Waals surface area contributed by atoms with Crippen LogP contribution in [0.2, 0.25) is 0 Å². The predicted molar refractivity (Wildman–Crippen MR) is 84.6 cm³/mol. The second-order valence-corrected chi connectivity index (χ2v) is 6.80. The Morgan fingerprint density at radius 2 is 2.13 bits per heavy atom. The van der Waals surface area contributed by atoms with E-state index < -0.39 is 16.1 Å². The summed E-state index contributed by atoms with van der Waals surface area (Å²) in [6.45, 7) is 1.59. The molecule has 1 aromatic heterocycles. The number of anilines is 1. The summed E-state index contributed by atoms with van der Waals surface area (Å²) in [5.41, 5.74) is 1.02. The van der Waals surface area contributed by atoms with Crippen LogP contribution >= 0.6 is 0 Å². The number of hydrogen-bond donors (Lipinski definition) is 2. The zero-order chi connectivity index (χ0) is 16.6. The van der Waals surface area contributed by atoms with E-state index in [4.69, 9.17) is 0 Å². The molecule has 1 amide bonds. The number of benzene rings is 1. The molecule has 0 radical (unpaired) electrons. The van der Waals surface area contributed by atoms with Crippen LogP contribution in [0.3, 0.4) is 0 Å². The van der Waals surface area contributed by atoms with Gasteiger partial charge in [0.2, 0.25) is 5.91 Å². The van der Waals surface area contributed by atoms with Crippen LogP contribution in [0.4, 0.5) is 5.69 Å². The Labute approximate surface area is 133 Å². The molecular weight excluding hydrogens is 318 g/mol. The Hall–Kier alpha value is -2.68. The van der Waals surface area contributed by atoms with E-state index in [9.17, 15) is 13.2 Å². The largest absolute Gasteiger partial charge is 0.322 e. The molecule has 23 heavy (non-hydrogen) atoms. The molecule has 1 aliphatic rings. The average Bonchev–Trinajstić information content (AvgIpc) is 3.01. The van der Waals surface area contributed by atoms with Gasteiger partial charge in [0.05, 0.1) is 16.8 Å². The number of amides is 1. The van der Waals surface area contributed by atoms with Crippen molar-refractivity contribution in [2.24, 2.45) is 12.0 Å². The van der Waals surface area contributed by atoms with E-state index in [2.05, 4.69) is 20.1 Å². The summed E-state index contributed by atoms with van der Waals surface area (Å²) in [4.78, 5) is 16.5. The van der Waals surface area contributed by atoms with Gasteiger partial charge in [0.15, 0.2) is 0 Å². The van der Waals surface area contributed by atoms with Crippen LogP contribution in [-0.2, 0) is 21.9 Å². The first kappa shape index (κ1) is 15.2. The Balaban J connectivity index is 1.83. The number of hydrogen-bond acceptors (Lipinski definition) is 5. The topological polar surface area (TPSA) is 105 Å². The fraction of sp³-hybridized carbons (Fsp3) is 0.214. The number of aromatic nitrogens is 2. The molecule has 1 atom stereocenters. The van der Waals surface area contributed by atoms with Gasteiger partial charge in [-0.25, -0.2) is 8.42 Å². The van der Waals surface area contributed by atoms with Crippen molar-refractivity contribution in [3.63, 3.8) is 0 Å². The molecule has 9 heteroatoms. The van der Waals surface area contributed by atoms with Crippen LogP contribution in [0.25, 0.3) is 0 Å². The molecule has 120 valence electrons. The summed E-state index contributed by atoms with van der Waals surface area (Å²) < 4.78 is 27.9. The lowest BCUT2D eigenvalue weighted by atomic mass is 10.2. The molecular formula is C14H15N5O3S. The third-order valence-corrected chi connectivity index (χ3v) is 4.73. The van der Waals surface area contributed by atoms with E-state index in [1.54, 1.807) is 43.0 Å². The maximum atomic E-state index is 12.2. The van der Waals surface area contributed by atoms with Crippen LogP contribution < -0.4 is 10.0 Å². The van der Waals surface area contributed by atoms with Crippen molar-refractivity contribution in [3.05, 3.63) is 42.2 Å². The van der Waals surface area contributed by atoms with Crippen molar-refractivity contribution in [1.29, 1.82) is 0 Å². The number of sulfonamides is 1. The van der Waals surface area contributed by atoms with Crippen molar-refractivity contribution < 1.29 is 13.2 Å². The van der Waals surface area contributed by atoms with E-state index in [1.807, 2.05) is 0 Å². The molecule has 8 nitrogen and oxygen atoms in total. The highest BCUT2D eigenvalue weighted by molar-refractivity contribution is 7.90. The lowest BCUT2D eigenvalue weighted by Gasteiger charge is -2.08. The third kappa shape index (κ3) is 2.95. The second-order valence-electron chi connectivity index (χ2n) is 5.15. The molecule has 0 aliphatic carbocycles. The molecule has 0 saturated carbocycles. The number of rotatable bonds is 3. The van der Waals surface area contributed by atoms with Crippen LogP contribution in [0.15, 0.2) is 46.5 Å². The van der Waals surface area contributed by atoms with E-state index in [0.717, 1.165) is 0 Å². The summed E-state index contributed by atoms with van der Waals surface area (Å²) >= 11 is 0. The maximum absolute atomic E-state index is 12.2. The van der Waals surface area contributed by atoms with Crippen molar-refractivity contribution in [1.82, 2.24) is 14.5 Å². The number of nitrogens with one attached hydrogen (secondary N) is 2. The Kier molecular flexibility index (Phi) is 3.64. The molecule has 0 fully saturated rings. The Bertz CT molecular complexity index is 901. The minimum absolute atomic E-state index is 0.165. The van der Waals surface area contributed by atoms with E-state index in [1.165, 1.54) is 12.3 Å². The van der Waals surface area contributed by atoms with Crippen LogP contribution in [0.1, 0.15) is 12.5 Å². The van der Waals surface area contributed by atoms with Gasteiger partial charge >= 0.3 is 0 Å². The number of aliphatic imine (C=N–C) groups is 1. The van der Waals surface area contributed by atoms with Crippen LogP contribution in [-0.4, -0.2) is 36.0 Å². The number of fused-ring (bicyclic) bond motifs is 1. The Morgan fingerprint density at radius 1 is 1.39 bits per heavy atom. The van der Waals surface area contributed by atoms with Crippen molar-refractivity contribution in [2.45, 2.75) is 17.9 Å². The fourth-order valence-corrected chi connectivity index (χ4v) is 3.45. The summed E-state index contributed by atoms with van der Waals surface area (Å²) in [5.74, 6) is -0.177. The number of aryl methyl sites for hydroxylation is 1. The SMILES string of the molecule is CC(N=C1NS(=O)(=O)c2ccccc21)C(=O)Nc1cnn(C)c1. The third-order valence-electron chi connectivity index (χ3n) is 3.34. The highest BCUT2D eigenvalue weighted by Gasteiger charge is 2.31. The van der Waals surface area contributed by atoms with Crippen molar-refractivity contribution in [2.75, 3.05) is 5.32 Å². The lowest BCUT2D eigenvalue weighted by Crippen LogP contribution is -2.28. The monoisotopic (exact) mass is 333 g/mol. The normalized spacial score (nSPS) is 18.3. The van der Waals surface area contributed by atoms with Crippen molar-refractivity contribution in [3.8, 4) is 0 Å². The standard InChI is InChI=1S/C14H15N5O3S/c1-9(14(20)17-10-7-15-19(2)8-10)16-13-11-5-3-4-6-12(11)23(21,22)18-13/h3-9H,1-2H3,(H,16,18)(H,17,20). The highest BCUT2D eigenvalue weighted by atomic mass is 32.2. The predicted octanol–water partition coefficient (Wildman–Crippen LogP) is 0.486. The molecule has 1 aromatic carbocycles. The molecule has 0 spiro atoms. The number of nitrogens with zero attached hydrogens (tertiary/aromatic N) is 3. The van der Waals surface area contributed by atoms with E-state index >= 15 is 0 Å². The first-order valence-electron chi connectivity index (χ1n) is 6.86. The smallest absolute Gasteiger partial charge is 0.263 e. The minimum Gasteiger partial charge on any atom is -0.322 e. The zero-order valence-electron chi connectivity index (χ0n) is 12.5. The molecule has 0 saturated heterocycles. The lowest BCUT2D eigenvalue weighted by molar-refractivity contribution is -0.117. The molecule has 2 aromatic rings. The van der Waals surface area contributed by atoms with Gasteiger partial charge in [-0.05, 0) is 19.1 Å². The quantitative estimate of drug-likeness (QED) is 0.852. The van der Waals surface area contributed by atoms with E-state index in [0.29, 0.717) is 11.3 Å². The van der Waals surface area contributed by atoms with Gasteiger partial charge in [-0.1, -0.05) is 12.1 Å². The van der Waals surface area contributed by atoms with Gasteiger partial charge in [-0.3, -0.25) is 19.2 Å². The minimum atomic E-state index is -3.61. The molecule has 2 heterocycles. The van der Waals surface area contributed by atoms with Gasteiger partial charge in [0, 0.05) is 18.8 Å². The van der Waals surface area contributed by atoms with Crippen LogP contribution in [0.5, 0.6) is 0 Å². The van der Waals surface area contributed by atoms with Gasteiger partial charge in [0.25, 0.3) is 10.0 Å². The highest BCUT2D eigenvalue weighted by Crippen LogP contribution is 2.22. The van der Waals surface area contributed by atoms with Gasteiger partial charge in [-0.15, -0.1) is 0 Å². The first-order valence-corrected chi connectivity index (χ1v) is 8.35. The molecule has 0 bridgehead atoms. The maximum Gasteiger partial charge on any atom is 0.263 e. The molecule has 2 N–H and O–H groups in total. The van der Waals surface area contributed by atoms with Crippen LogP contribution in [0, 0.1) is 0 Å². The number of carbonyl (C=O) groups is 1. The summed E-state index contributed by atoms with van der Waals surface area (Å²) in [7, 11) is -1.87. The number of carbonyl (C=O) groups excluding carboxylic acids is 1. The van der Waals surface area contributed by atoms with Crippen molar-refractivity contribution >= 4 is 27.5 Å². The fourth-order valence-electron chi connectivity index (χ4n) is 2.21. The first-order chi connectivity index (χ1) is 10.9. The summed E-state index contributed by atoms with van der Waals surface area (Å²) in [5, 5.41) is 6.63. The molecule has 1 unspecified atom stereocenters.